The summed E-state index contributed by atoms with van der Waals surface area (Å²) >= 11 is 1.65. The molecule has 0 saturated carbocycles. The quantitative estimate of drug-likeness (QED) is 0.583. The Morgan fingerprint density at radius 1 is 1.24 bits per heavy atom. The highest BCUT2D eigenvalue weighted by Gasteiger charge is 2.76. The van der Waals surface area contributed by atoms with E-state index in [1.54, 1.807) is 23.7 Å². The Labute approximate surface area is 200 Å². The molecule has 4 rings (SSSR count). The summed E-state index contributed by atoms with van der Waals surface area (Å²) in [6, 6.07) is 8.40. The minimum atomic E-state index is -0.741. The van der Waals surface area contributed by atoms with Gasteiger partial charge in [-0.1, -0.05) is 37.3 Å². The molecule has 8 heteroatoms. The summed E-state index contributed by atoms with van der Waals surface area (Å²) in [5.41, 5.74) is 0.515. The van der Waals surface area contributed by atoms with Gasteiger partial charge in [-0.05, 0) is 45.1 Å². The van der Waals surface area contributed by atoms with Gasteiger partial charge in [0.1, 0.15) is 6.04 Å². The number of carbonyl (C=O) groups is 3. The van der Waals surface area contributed by atoms with Crippen molar-refractivity contribution in [2.24, 2.45) is 17.8 Å². The fourth-order valence-electron chi connectivity index (χ4n) is 6.19. The van der Waals surface area contributed by atoms with Gasteiger partial charge in [-0.25, -0.2) is 0 Å². The van der Waals surface area contributed by atoms with Crippen molar-refractivity contribution in [2.75, 3.05) is 13.7 Å². The number of rotatable bonds is 6. The Bertz CT molecular complexity index is 933. The first kappa shape index (κ1) is 24.1. The third-order valence-electron chi connectivity index (χ3n) is 7.40. The highest BCUT2D eigenvalue weighted by molar-refractivity contribution is 8.02. The molecule has 3 N–H and O–H groups in total. The molecule has 33 heavy (non-hydrogen) atoms. The molecule has 7 nitrogen and oxygen atoms in total. The van der Waals surface area contributed by atoms with E-state index in [0.717, 1.165) is 12.0 Å². The first-order chi connectivity index (χ1) is 15.5. The highest BCUT2D eigenvalue weighted by atomic mass is 32.2. The van der Waals surface area contributed by atoms with Gasteiger partial charge >= 0.3 is 0 Å². The summed E-state index contributed by atoms with van der Waals surface area (Å²) in [5, 5.41) is 16.3. The Hall–Kier alpha value is -2.06. The topological polar surface area (TPSA) is 98.7 Å². The molecule has 7 atom stereocenters. The van der Waals surface area contributed by atoms with Crippen molar-refractivity contribution in [3.63, 3.8) is 0 Å². The average Bonchev–Trinajstić information content (AvgIpc) is 3.35. The lowest BCUT2D eigenvalue weighted by atomic mass is 9.66. The molecule has 180 valence electrons. The molecular formula is C25H35N3O4S. The predicted octanol–water partition coefficient (Wildman–Crippen LogP) is 1.59. The van der Waals surface area contributed by atoms with Crippen molar-refractivity contribution in [2.45, 2.75) is 68.2 Å². The van der Waals surface area contributed by atoms with Crippen molar-refractivity contribution >= 4 is 29.5 Å². The van der Waals surface area contributed by atoms with Crippen molar-refractivity contribution < 1.29 is 19.5 Å². The van der Waals surface area contributed by atoms with E-state index in [0.29, 0.717) is 6.42 Å². The van der Waals surface area contributed by atoms with Crippen molar-refractivity contribution in [3.05, 3.63) is 35.9 Å². The largest absolute Gasteiger partial charge is 0.394 e. The fourth-order valence-corrected chi connectivity index (χ4v) is 8.60. The van der Waals surface area contributed by atoms with E-state index in [1.807, 2.05) is 51.1 Å². The van der Waals surface area contributed by atoms with Crippen molar-refractivity contribution in [3.8, 4) is 0 Å². The third-order valence-corrected chi connectivity index (χ3v) is 9.47. The Morgan fingerprint density at radius 2 is 1.91 bits per heavy atom. The monoisotopic (exact) mass is 473 g/mol. The van der Waals surface area contributed by atoms with Crippen LogP contribution in [-0.2, 0) is 20.8 Å². The second kappa shape index (κ2) is 8.62. The van der Waals surface area contributed by atoms with Crippen LogP contribution in [0.4, 0.5) is 0 Å². The minimum Gasteiger partial charge on any atom is -0.394 e. The molecule has 2 bridgehead atoms. The number of benzene rings is 1. The van der Waals surface area contributed by atoms with Gasteiger partial charge < -0.3 is 20.6 Å². The fraction of sp³-hybridized carbons (Fsp3) is 0.640. The molecule has 3 saturated heterocycles. The Balaban J connectivity index is 1.80. The number of hydrogen-bond acceptors (Lipinski definition) is 5. The number of likely N-dealkylation sites (tertiary alicyclic amines) is 1. The molecule has 3 unspecified atom stereocenters. The van der Waals surface area contributed by atoms with Crippen LogP contribution in [0.15, 0.2) is 30.3 Å². The zero-order valence-electron chi connectivity index (χ0n) is 20.0. The zero-order chi connectivity index (χ0) is 24.1. The number of carbonyl (C=O) groups excluding carboxylic acids is 3. The Kier molecular flexibility index (Phi) is 6.29. The normalized spacial score (nSPS) is 33.7. The molecular weight excluding hydrogens is 438 g/mol. The predicted molar refractivity (Wildman–Crippen MR) is 128 cm³/mol. The highest BCUT2D eigenvalue weighted by Crippen LogP contribution is 2.68. The van der Waals surface area contributed by atoms with Crippen LogP contribution >= 0.6 is 11.8 Å². The van der Waals surface area contributed by atoms with Crippen molar-refractivity contribution in [1.82, 2.24) is 15.5 Å². The molecule has 3 aliphatic heterocycles. The van der Waals surface area contributed by atoms with E-state index in [9.17, 15) is 19.5 Å². The smallest absolute Gasteiger partial charge is 0.244 e. The SMILES string of the molecule is CNC(=O)[C@@H]1[C@H]2C(=O)N([C@@H](CO)Cc3ccccc3)C(C(=O)NC(C)(C)C)C23S[C@@H]1CC3C. The van der Waals surface area contributed by atoms with Gasteiger partial charge in [-0.2, -0.15) is 0 Å². The number of nitrogens with zero attached hydrogens (tertiary/aromatic N) is 1. The van der Waals surface area contributed by atoms with E-state index in [1.165, 1.54) is 0 Å². The van der Waals surface area contributed by atoms with Crippen LogP contribution in [-0.4, -0.2) is 69.0 Å². The van der Waals surface area contributed by atoms with Crippen LogP contribution in [0.3, 0.4) is 0 Å². The lowest BCUT2D eigenvalue weighted by Crippen LogP contribution is -2.61. The van der Waals surface area contributed by atoms with E-state index in [-0.39, 0.29) is 35.5 Å². The minimum absolute atomic E-state index is 0.0164. The van der Waals surface area contributed by atoms with Gasteiger partial charge in [0.15, 0.2) is 0 Å². The van der Waals surface area contributed by atoms with E-state index in [2.05, 4.69) is 17.6 Å². The standard InChI is InChI=1S/C25H35N3O4S/c1-14-11-17-18(21(30)26-5)19-23(32)28(16(13-29)12-15-9-7-6-8-10-15)20(25(14,19)33-17)22(31)27-24(2,3)4/h6-10,14,16-20,29H,11-13H2,1-5H3,(H,26,30)(H,27,31)/t14?,16-,17-,18+,19+,20?,25?/m1/s1. The zero-order valence-corrected chi connectivity index (χ0v) is 20.8. The average molecular weight is 474 g/mol. The number of thioether (sulfide) groups is 1. The molecule has 0 aliphatic carbocycles. The van der Waals surface area contributed by atoms with E-state index in [4.69, 9.17) is 0 Å². The van der Waals surface area contributed by atoms with Gasteiger partial charge in [0.05, 0.1) is 29.2 Å². The number of fused-ring (bicyclic) bond motifs is 1. The number of aliphatic hydroxyl groups is 1. The van der Waals surface area contributed by atoms with Gasteiger partial charge in [0.2, 0.25) is 17.7 Å². The molecule has 3 heterocycles. The number of amides is 3. The van der Waals surface area contributed by atoms with Crippen LogP contribution in [0.2, 0.25) is 0 Å². The van der Waals surface area contributed by atoms with Crippen LogP contribution in [0, 0.1) is 17.8 Å². The summed E-state index contributed by atoms with van der Waals surface area (Å²) in [5.74, 6) is -1.47. The summed E-state index contributed by atoms with van der Waals surface area (Å²) in [6.07, 6.45) is 1.24. The molecule has 1 aromatic carbocycles. The third kappa shape index (κ3) is 3.85. The molecule has 0 radical (unpaired) electrons. The second-order valence-corrected chi connectivity index (χ2v) is 12.2. The molecule has 1 aromatic rings. The number of nitrogens with one attached hydrogen (secondary N) is 2. The number of hydrogen-bond donors (Lipinski definition) is 3. The van der Waals surface area contributed by atoms with Gasteiger partial charge in [-0.15, -0.1) is 11.8 Å². The number of aliphatic hydroxyl groups excluding tert-OH is 1. The van der Waals surface area contributed by atoms with Crippen LogP contribution in [0.1, 0.15) is 39.7 Å². The molecule has 3 amide bonds. The molecule has 1 spiro atoms. The maximum Gasteiger partial charge on any atom is 0.244 e. The summed E-state index contributed by atoms with van der Waals surface area (Å²) in [4.78, 5) is 42.4. The molecule has 3 aliphatic rings. The van der Waals surface area contributed by atoms with Gasteiger partial charge in [-0.3, -0.25) is 14.4 Å². The summed E-state index contributed by atoms with van der Waals surface area (Å²) in [7, 11) is 1.60. The van der Waals surface area contributed by atoms with Crippen molar-refractivity contribution in [1.29, 1.82) is 0 Å². The second-order valence-electron chi connectivity index (χ2n) is 10.7. The molecule has 0 aromatic heterocycles. The first-order valence-electron chi connectivity index (χ1n) is 11.7. The van der Waals surface area contributed by atoms with Crippen LogP contribution < -0.4 is 10.6 Å². The first-order valence-corrected chi connectivity index (χ1v) is 12.6. The summed E-state index contributed by atoms with van der Waals surface area (Å²) < 4.78 is -0.682. The lowest BCUT2D eigenvalue weighted by molar-refractivity contribution is -0.143. The summed E-state index contributed by atoms with van der Waals surface area (Å²) in [6.45, 7) is 7.61. The lowest BCUT2D eigenvalue weighted by Gasteiger charge is -2.41. The Morgan fingerprint density at radius 3 is 2.48 bits per heavy atom. The van der Waals surface area contributed by atoms with Gasteiger partial charge in [0.25, 0.3) is 0 Å². The van der Waals surface area contributed by atoms with E-state index < -0.39 is 34.2 Å². The maximum absolute atomic E-state index is 14.1. The van der Waals surface area contributed by atoms with E-state index >= 15 is 0 Å². The van der Waals surface area contributed by atoms with Crippen LogP contribution in [0.25, 0.3) is 0 Å². The van der Waals surface area contributed by atoms with Gasteiger partial charge in [0, 0.05) is 17.8 Å². The maximum atomic E-state index is 14.1. The molecule has 3 fully saturated rings. The van der Waals surface area contributed by atoms with Crippen LogP contribution in [0.5, 0.6) is 0 Å².